The molecule has 1 aliphatic rings. The van der Waals surface area contributed by atoms with E-state index in [4.69, 9.17) is 4.99 Å². The highest BCUT2D eigenvalue weighted by Gasteiger charge is 2.26. The van der Waals surface area contributed by atoms with E-state index in [1.54, 1.807) is 0 Å². The van der Waals surface area contributed by atoms with Gasteiger partial charge < -0.3 is 10.6 Å². The first-order valence-corrected chi connectivity index (χ1v) is 10.8. The highest BCUT2D eigenvalue weighted by atomic mass is 15.3. The lowest BCUT2D eigenvalue weighted by Crippen LogP contribution is -2.51. The first kappa shape index (κ1) is 21.4. The molecule has 1 aromatic heterocycles. The van der Waals surface area contributed by atoms with Crippen LogP contribution in [0.5, 0.6) is 0 Å². The lowest BCUT2D eigenvalue weighted by Gasteiger charge is -2.38. The second kappa shape index (κ2) is 9.92. The summed E-state index contributed by atoms with van der Waals surface area (Å²) in [5, 5.41) is 11.6. The first-order chi connectivity index (χ1) is 14.0. The lowest BCUT2D eigenvalue weighted by atomic mass is 9.97. The van der Waals surface area contributed by atoms with Gasteiger partial charge in [0, 0.05) is 50.0 Å². The third-order valence-corrected chi connectivity index (χ3v) is 5.98. The number of nitrogens with zero attached hydrogens (tertiary/aromatic N) is 4. The van der Waals surface area contributed by atoms with Gasteiger partial charge in [-0.05, 0) is 46.1 Å². The van der Waals surface area contributed by atoms with Crippen LogP contribution in [-0.2, 0) is 20.1 Å². The smallest absolute Gasteiger partial charge is 0.191 e. The summed E-state index contributed by atoms with van der Waals surface area (Å²) in [5.41, 5.74) is 4.86. The molecule has 2 heterocycles. The van der Waals surface area contributed by atoms with E-state index in [9.17, 15) is 0 Å². The van der Waals surface area contributed by atoms with Crippen molar-refractivity contribution in [2.45, 2.75) is 65.7 Å². The molecule has 29 heavy (non-hydrogen) atoms. The number of nitrogens with one attached hydrogen (secondary N) is 2. The molecule has 1 aromatic carbocycles. The average Bonchev–Trinajstić information content (AvgIpc) is 2.94. The van der Waals surface area contributed by atoms with Crippen molar-refractivity contribution in [1.82, 2.24) is 25.3 Å². The Morgan fingerprint density at radius 2 is 2.00 bits per heavy atom. The maximum Gasteiger partial charge on any atom is 0.191 e. The van der Waals surface area contributed by atoms with Crippen LogP contribution >= 0.6 is 0 Å². The largest absolute Gasteiger partial charge is 0.357 e. The third kappa shape index (κ3) is 5.60. The second-order valence-corrected chi connectivity index (χ2v) is 8.14. The molecule has 1 aliphatic heterocycles. The Morgan fingerprint density at radius 3 is 2.62 bits per heavy atom. The fraction of sp³-hybridized carbons (Fsp3) is 0.565. The summed E-state index contributed by atoms with van der Waals surface area (Å²) in [6.45, 7) is 12.3. The molecular weight excluding hydrogens is 360 g/mol. The highest BCUT2D eigenvalue weighted by molar-refractivity contribution is 5.80. The number of hydrogen-bond donors (Lipinski definition) is 2. The van der Waals surface area contributed by atoms with Gasteiger partial charge in [-0.1, -0.05) is 30.3 Å². The summed E-state index contributed by atoms with van der Waals surface area (Å²) >= 11 is 0. The number of guanidine groups is 1. The Hall–Kier alpha value is -2.34. The Bertz CT molecular complexity index is 810. The zero-order chi connectivity index (χ0) is 20.8. The van der Waals surface area contributed by atoms with Crippen LogP contribution in [0, 0.1) is 13.8 Å². The molecule has 2 unspecified atom stereocenters. The van der Waals surface area contributed by atoms with E-state index in [0.29, 0.717) is 18.6 Å². The number of likely N-dealkylation sites (tertiary alicyclic amines) is 1. The molecule has 1 fully saturated rings. The SMILES string of the molecule is CCNC(=NCc1c(C)nn(C)c1C)NC1CCN(Cc2ccccc2)C(C)C1. The number of benzene rings is 1. The van der Waals surface area contributed by atoms with Crippen LogP contribution < -0.4 is 10.6 Å². The fourth-order valence-electron chi connectivity index (χ4n) is 4.12. The molecule has 158 valence electrons. The van der Waals surface area contributed by atoms with Crippen molar-refractivity contribution in [2.24, 2.45) is 12.0 Å². The molecule has 2 atom stereocenters. The van der Waals surface area contributed by atoms with Gasteiger partial charge in [0.1, 0.15) is 0 Å². The van der Waals surface area contributed by atoms with E-state index in [1.165, 1.54) is 16.8 Å². The van der Waals surface area contributed by atoms with Crippen molar-refractivity contribution in [1.29, 1.82) is 0 Å². The van der Waals surface area contributed by atoms with Gasteiger partial charge in [0.2, 0.25) is 0 Å². The van der Waals surface area contributed by atoms with Crippen LogP contribution in [0.4, 0.5) is 0 Å². The summed E-state index contributed by atoms with van der Waals surface area (Å²) < 4.78 is 1.94. The summed E-state index contributed by atoms with van der Waals surface area (Å²) in [6, 6.07) is 11.8. The van der Waals surface area contributed by atoms with Crippen LogP contribution in [0.3, 0.4) is 0 Å². The number of hydrogen-bond acceptors (Lipinski definition) is 3. The molecule has 0 amide bonds. The van der Waals surface area contributed by atoms with Crippen LogP contribution in [0.1, 0.15) is 49.2 Å². The number of piperidine rings is 1. The van der Waals surface area contributed by atoms with E-state index in [1.807, 2.05) is 11.7 Å². The van der Waals surface area contributed by atoms with E-state index in [2.05, 4.69) is 78.7 Å². The van der Waals surface area contributed by atoms with Crippen molar-refractivity contribution in [3.05, 3.63) is 52.8 Å². The topological polar surface area (TPSA) is 57.5 Å². The van der Waals surface area contributed by atoms with E-state index in [-0.39, 0.29) is 0 Å². The van der Waals surface area contributed by atoms with Gasteiger partial charge in [-0.3, -0.25) is 9.58 Å². The molecule has 0 aliphatic carbocycles. The number of rotatable bonds is 6. The minimum atomic E-state index is 0.450. The molecule has 2 N–H and O–H groups in total. The zero-order valence-electron chi connectivity index (χ0n) is 18.6. The maximum atomic E-state index is 4.85. The summed E-state index contributed by atoms with van der Waals surface area (Å²) in [5.74, 6) is 0.906. The Morgan fingerprint density at radius 1 is 1.24 bits per heavy atom. The lowest BCUT2D eigenvalue weighted by molar-refractivity contribution is 0.134. The minimum absolute atomic E-state index is 0.450. The van der Waals surface area contributed by atoms with Gasteiger partial charge in [-0.25, -0.2) is 4.99 Å². The summed E-state index contributed by atoms with van der Waals surface area (Å²) in [4.78, 5) is 7.44. The first-order valence-electron chi connectivity index (χ1n) is 10.8. The fourth-order valence-corrected chi connectivity index (χ4v) is 4.12. The van der Waals surface area contributed by atoms with E-state index < -0.39 is 0 Å². The second-order valence-electron chi connectivity index (χ2n) is 8.14. The van der Waals surface area contributed by atoms with Gasteiger partial charge in [-0.2, -0.15) is 5.10 Å². The highest BCUT2D eigenvalue weighted by Crippen LogP contribution is 2.20. The standard InChI is InChI=1S/C23H36N6/c1-6-24-23(25-15-22-18(3)27-28(5)19(22)4)26-21-12-13-29(17(2)14-21)16-20-10-8-7-9-11-20/h7-11,17,21H,6,12-16H2,1-5H3,(H2,24,25,26). The van der Waals surface area contributed by atoms with Crippen molar-refractivity contribution in [3.63, 3.8) is 0 Å². The molecule has 6 nitrogen and oxygen atoms in total. The van der Waals surface area contributed by atoms with Gasteiger partial charge in [0.25, 0.3) is 0 Å². The number of aromatic nitrogens is 2. The molecule has 6 heteroatoms. The molecule has 0 saturated carbocycles. The van der Waals surface area contributed by atoms with Crippen molar-refractivity contribution in [3.8, 4) is 0 Å². The molecule has 0 spiro atoms. The van der Waals surface area contributed by atoms with Crippen LogP contribution in [-0.4, -0.2) is 45.8 Å². The summed E-state index contributed by atoms with van der Waals surface area (Å²) in [6.07, 6.45) is 2.26. The Balaban J connectivity index is 1.58. The van der Waals surface area contributed by atoms with E-state index >= 15 is 0 Å². The molecule has 0 bridgehead atoms. The Kier molecular flexibility index (Phi) is 7.31. The molecule has 3 rings (SSSR count). The monoisotopic (exact) mass is 396 g/mol. The third-order valence-electron chi connectivity index (χ3n) is 5.98. The predicted molar refractivity (Wildman–Crippen MR) is 120 cm³/mol. The number of aryl methyl sites for hydroxylation is 2. The van der Waals surface area contributed by atoms with Crippen molar-refractivity contribution in [2.75, 3.05) is 13.1 Å². The molecule has 1 saturated heterocycles. The quantitative estimate of drug-likeness (QED) is 0.582. The minimum Gasteiger partial charge on any atom is -0.357 e. The number of aliphatic imine (C=N–C) groups is 1. The maximum absolute atomic E-state index is 4.85. The van der Waals surface area contributed by atoms with Crippen LogP contribution in [0.2, 0.25) is 0 Å². The normalized spacial score (nSPS) is 20.7. The molecule has 0 radical (unpaired) electrons. The van der Waals surface area contributed by atoms with Crippen molar-refractivity contribution < 1.29 is 0 Å². The Labute approximate surface area is 175 Å². The van der Waals surface area contributed by atoms with E-state index in [0.717, 1.165) is 44.1 Å². The van der Waals surface area contributed by atoms with Gasteiger partial charge in [0.05, 0.1) is 12.2 Å². The van der Waals surface area contributed by atoms with Gasteiger partial charge in [0.15, 0.2) is 5.96 Å². The van der Waals surface area contributed by atoms with Crippen LogP contribution in [0.15, 0.2) is 35.3 Å². The van der Waals surface area contributed by atoms with Crippen molar-refractivity contribution >= 4 is 5.96 Å². The van der Waals surface area contributed by atoms with Crippen LogP contribution in [0.25, 0.3) is 0 Å². The van der Waals surface area contributed by atoms with Gasteiger partial charge in [-0.15, -0.1) is 0 Å². The molecule has 2 aromatic rings. The zero-order valence-corrected chi connectivity index (χ0v) is 18.6. The van der Waals surface area contributed by atoms with Gasteiger partial charge >= 0.3 is 0 Å². The molecular formula is C23H36N6. The summed E-state index contributed by atoms with van der Waals surface area (Å²) in [7, 11) is 1.99. The predicted octanol–water partition coefficient (Wildman–Crippen LogP) is 3.15. The average molecular weight is 397 g/mol.